The van der Waals surface area contributed by atoms with Gasteiger partial charge in [-0.15, -0.1) is 0 Å². The summed E-state index contributed by atoms with van der Waals surface area (Å²) in [6, 6.07) is 7.19. The quantitative estimate of drug-likeness (QED) is 0.470. The molecule has 0 atom stereocenters. The van der Waals surface area contributed by atoms with E-state index in [2.05, 4.69) is 27.6 Å². The van der Waals surface area contributed by atoms with Crippen molar-refractivity contribution in [2.24, 2.45) is 16.5 Å². The molecule has 0 aliphatic rings. The molecule has 0 radical (unpaired) electrons. The molecule has 2 aromatic rings. The van der Waals surface area contributed by atoms with Crippen molar-refractivity contribution in [2.75, 3.05) is 0 Å². The van der Waals surface area contributed by atoms with E-state index in [0.717, 1.165) is 8.96 Å². The van der Waals surface area contributed by atoms with Crippen LogP contribution in [0.15, 0.2) is 33.7 Å². The average molecular weight is 329 g/mol. The minimum atomic E-state index is -0.577. The number of nitrogens with zero attached hydrogens (tertiary/aromatic N) is 1. The number of hydrogen-bond donors (Lipinski definition) is 2. The molecule has 0 aliphatic carbocycles. The molecule has 0 bridgehead atoms. The van der Waals surface area contributed by atoms with Crippen LogP contribution in [0.2, 0.25) is 0 Å². The number of halogens is 1. The van der Waals surface area contributed by atoms with E-state index in [0.29, 0.717) is 5.58 Å². The number of carbonyl (C=O) groups is 1. The number of carbonyl (C=O) groups excluding carboxylic acids is 1. The van der Waals surface area contributed by atoms with Gasteiger partial charge < -0.3 is 15.9 Å². The van der Waals surface area contributed by atoms with Crippen LogP contribution in [0, 0.1) is 3.57 Å². The first-order valence-electron chi connectivity index (χ1n) is 4.40. The molecule has 1 amide bonds. The van der Waals surface area contributed by atoms with Crippen LogP contribution in [0.1, 0.15) is 10.6 Å². The first-order chi connectivity index (χ1) is 7.58. The van der Waals surface area contributed by atoms with Gasteiger partial charge in [0, 0.05) is 8.96 Å². The summed E-state index contributed by atoms with van der Waals surface area (Å²) in [6.07, 6.45) is 0. The standard InChI is InChI=1S/C10H8IN3O2/c11-6-2-1-3-7-5(6)4-8(16-7)9(15)14-10(12)13/h1-4H,(H4,12,13,14,15). The smallest absolute Gasteiger partial charge is 0.315 e. The Hall–Kier alpha value is -1.57. The summed E-state index contributed by atoms with van der Waals surface area (Å²) in [5.41, 5.74) is 10.9. The number of rotatable bonds is 1. The second-order valence-corrected chi connectivity index (χ2v) is 4.27. The second kappa shape index (κ2) is 4.12. The number of nitrogens with two attached hydrogens (primary N) is 2. The van der Waals surface area contributed by atoms with Crippen molar-refractivity contribution in [1.29, 1.82) is 0 Å². The molecule has 0 spiro atoms. The van der Waals surface area contributed by atoms with Crippen LogP contribution in [0.25, 0.3) is 11.0 Å². The second-order valence-electron chi connectivity index (χ2n) is 3.10. The van der Waals surface area contributed by atoms with Gasteiger partial charge in [-0.05, 0) is 40.8 Å². The molecule has 2 rings (SSSR count). The van der Waals surface area contributed by atoms with Gasteiger partial charge in [-0.1, -0.05) is 6.07 Å². The van der Waals surface area contributed by atoms with Crippen LogP contribution < -0.4 is 11.5 Å². The van der Waals surface area contributed by atoms with Gasteiger partial charge in [0.2, 0.25) is 0 Å². The lowest BCUT2D eigenvalue weighted by Gasteiger charge is -1.89. The third kappa shape index (κ3) is 2.01. The Balaban J connectivity index is 2.52. The Kier molecular flexibility index (Phi) is 2.82. The molecule has 1 aromatic heterocycles. The van der Waals surface area contributed by atoms with Gasteiger partial charge >= 0.3 is 5.91 Å². The summed E-state index contributed by atoms with van der Waals surface area (Å²) in [7, 11) is 0. The molecule has 4 N–H and O–H groups in total. The van der Waals surface area contributed by atoms with Crippen molar-refractivity contribution in [2.45, 2.75) is 0 Å². The summed E-state index contributed by atoms with van der Waals surface area (Å²) in [5, 5.41) is 0.872. The summed E-state index contributed by atoms with van der Waals surface area (Å²) in [6.45, 7) is 0. The number of fused-ring (bicyclic) bond motifs is 1. The highest BCUT2D eigenvalue weighted by atomic mass is 127. The maximum atomic E-state index is 11.5. The highest BCUT2D eigenvalue weighted by Gasteiger charge is 2.12. The lowest BCUT2D eigenvalue weighted by molar-refractivity contribution is 0.0978. The fourth-order valence-corrected chi connectivity index (χ4v) is 1.93. The van der Waals surface area contributed by atoms with E-state index in [9.17, 15) is 4.79 Å². The van der Waals surface area contributed by atoms with Crippen LogP contribution in [0.4, 0.5) is 0 Å². The monoisotopic (exact) mass is 329 g/mol. The van der Waals surface area contributed by atoms with E-state index in [1.165, 1.54) is 0 Å². The molecule has 0 saturated carbocycles. The van der Waals surface area contributed by atoms with Crippen molar-refractivity contribution in [3.05, 3.63) is 33.6 Å². The molecule has 0 unspecified atom stereocenters. The predicted octanol–water partition coefficient (Wildman–Crippen LogP) is 1.45. The third-order valence-corrected chi connectivity index (χ3v) is 2.89. The summed E-state index contributed by atoms with van der Waals surface area (Å²) < 4.78 is 6.34. The van der Waals surface area contributed by atoms with E-state index < -0.39 is 5.91 Å². The molecule has 6 heteroatoms. The molecule has 1 aromatic carbocycles. The Morgan fingerprint density at radius 3 is 2.75 bits per heavy atom. The lowest BCUT2D eigenvalue weighted by atomic mass is 10.2. The van der Waals surface area contributed by atoms with Crippen LogP contribution in [0.5, 0.6) is 0 Å². The van der Waals surface area contributed by atoms with Crippen molar-refractivity contribution in [1.82, 2.24) is 0 Å². The molecule has 0 aliphatic heterocycles. The van der Waals surface area contributed by atoms with Gasteiger partial charge in [-0.25, -0.2) is 0 Å². The first kappa shape index (κ1) is 10.9. The van der Waals surface area contributed by atoms with E-state index in [4.69, 9.17) is 15.9 Å². The average Bonchev–Trinajstić information content (AvgIpc) is 2.61. The number of amides is 1. The molecule has 16 heavy (non-hydrogen) atoms. The molecule has 1 heterocycles. The predicted molar refractivity (Wildman–Crippen MR) is 69.1 cm³/mol. The maximum Gasteiger partial charge on any atom is 0.315 e. The zero-order chi connectivity index (χ0) is 11.7. The fourth-order valence-electron chi connectivity index (χ4n) is 1.30. The molecular formula is C10H8IN3O2. The third-order valence-electron chi connectivity index (χ3n) is 1.95. The largest absolute Gasteiger partial charge is 0.451 e. The zero-order valence-electron chi connectivity index (χ0n) is 8.11. The van der Waals surface area contributed by atoms with Crippen LogP contribution in [-0.2, 0) is 0 Å². The number of furan rings is 1. The van der Waals surface area contributed by atoms with Gasteiger partial charge in [0.25, 0.3) is 0 Å². The normalized spacial score (nSPS) is 10.3. The Bertz CT molecular complexity index is 585. The van der Waals surface area contributed by atoms with Gasteiger partial charge in [-0.3, -0.25) is 4.79 Å². The van der Waals surface area contributed by atoms with E-state index in [-0.39, 0.29) is 11.7 Å². The summed E-state index contributed by atoms with van der Waals surface area (Å²) >= 11 is 2.16. The molecule has 5 nitrogen and oxygen atoms in total. The topological polar surface area (TPSA) is 94.6 Å². The molecular weight excluding hydrogens is 321 g/mol. The van der Waals surface area contributed by atoms with Crippen LogP contribution in [-0.4, -0.2) is 11.9 Å². The number of benzene rings is 1. The van der Waals surface area contributed by atoms with E-state index >= 15 is 0 Å². The Morgan fingerprint density at radius 1 is 1.38 bits per heavy atom. The van der Waals surface area contributed by atoms with Crippen molar-refractivity contribution in [3.63, 3.8) is 0 Å². The molecule has 0 fully saturated rings. The Morgan fingerprint density at radius 2 is 2.12 bits per heavy atom. The number of guanidine groups is 1. The van der Waals surface area contributed by atoms with Crippen LogP contribution >= 0.6 is 22.6 Å². The number of hydrogen-bond acceptors (Lipinski definition) is 2. The van der Waals surface area contributed by atoms with Crippen molar-refractivity contribution in [3.8, 4) is 0 Å². The highest BCUT2D eigenvalue weighted by molar-refractivity contribution is 14.1. The summed E-state index contributed by atoms with van der Waals surface area (Å²) in [4.78, 5) is 14.9. The number of aliphatic imine (C=N–C) groups is 1. The molecule has 0 saturated heterocycles. The minimum absolute atomic E-state index is 0.132. The van der Waals surface area contributed by atoms with Crippen LogP contribution in [0.3, 0.4) is 0 Å². The summed E-state index contributed by atoms with van der Waals surface area (Å²) in [5.74, 6) is -0.723. The minimum Gasteiger partial charge on any atom is -0.451 e. The Labute approximate surface area is 105 Å². The lowest BCUT2D eigenvalue weighted by Crippen LogP contribution is -2.24. The van der Waals surface area contributed by atoms with Gasteiger partial charge in [0.1, 0.15) is 5.58 Å². The fraction of sp³-hybridized carbons (Fsp3) is 0. The highest BCUT2D eigenvalue weighted by Crippen LogP contribution is 2.24. The first-order valence-corrected chi connectivity index (χ1v) is 5.48. The maximum absolute atomic E-state index is 11.5. The van der Waals surface area contributed by atoms with Gasteiger partial charge in [0.15, 0.2) is 11.7 Å². The van der Waals surface area contributed by atoms with E-state index in [1.54, 1.807) is 12.1 Å². The van der Waals surface area contributed by atoms with Gasteiger partial charge in [0.05, 0.1) is 0 Å². The van der Waals surface area contributed by atoms with Crippen molar-refractivity contribution >= 4 is 45.4 Å². The zero-order valence-corrected chi connectivity index (χ0v) is 10.3. The van der Waals surface area contributed by atoms with Crippen molar-refractivity contribution < 1.29 is 9.21 Å². The molecule has 82 valence electrons. The van der Waals surface area contributed by atoms with E-state index in [1.807, 2.05) is 12.1 Å². The van der Waals surface area contributed by atoms with Gasteiger partial charge in [-0.2, -0.15) is 4.99 Å². The SMILES string of the molecule is NC(N)=NC(=O)c1cc2c(I)cccc2o1.